The van der Waals surface area contributed by atoms with Crippen LogP contribution in [-0.4, -0.2) is 53.2 Å². The van der Waals surface area contributed by atoms with Crippen LogP contribution in [0.4, 0.5) is 4.79 Å². The van der Waals surface area contributed by atoms with Crippen LogP contribution in [0.1, 0.15) is 49.1 Å². The van der Waals surface area contributed by atoms with E-state index in [1.165, 1.54) is 17.2 Å². The lowest BCUT2D eigenvalue weighted by atomic mass is 9.88. The summed E-state index contributed by atoms with van der Waals surface area (Å²) < 4.78 is 5.52. The van der Waals surface area contributed by atoms with Crippen molar-refractivity contribution in [1.29, 1.82) is 0 Å². The first kappa shape index (κ1) is 23.1. The molecule has 2 amide bonds. The largest absolute Gasteiger partial charge is 0.481 e. The van der Waals surface area contributed by atoms with E-state index in [2.05, 4.69) is 29.6 Å². The quantitative estimate of drug-likeness (QED) is 0.583. The maximum absolute atomic E-state index is 12.7. The number of piperidine rings is 1. The Balaban J connectivity index is 1.10. The highest BCUT2D eigenvalue weighted by molar-refractivity contribution is 5.88. The van der Waals surface area contributed by atoms with E-state index in [9.17, 15) is 14.4 Å². The maximum Gasteiger partial charge on any atom is 0.407 e. The second kappa shape index (κ2) is 9.94. The number of carbonyl (C=O) groups is 3. The molecular formula is C28H30N2O5. The number of carbonyl (C=O) groups excluding carboxylic acids is 2. The third-order valence-corrected chi connectivity index (χ3v) is 7.52. The molecular weight excluding hydrogens is 444 g/mol. The lowest BCUT2D eigenvalue weighted by Gasteiger charge is -2.38. The van der Waals surface area contributed by atoms with Gasteiger partial charge in [-0.25, -0.2) is 4.79 Å². The van der Waals surface area contributed by atoms with Gasteiger partial charge in [0.25, 0.3) is 0 Å². The van der Waals surface area contributed by atoms with E-state index in [1.807, 2.05) is 29.2 Å². The third-order valence-electron chi connectivity index (χ3n) is 7.52. The normalized spacial score (nSPS) is 22.6. The van der Waals surface area contributed by atoms with Crippen molar-refractivity contribution in [3.05, 3.63) is 71.8 Å². The first-order valence-electron chi connectivity index (χ1n) is 12.3. The van der Waals surface area contributed by atoms with Crippen molar-refractivity contribution in [3.63, 3.8) is 0 Å². The molecule has 1 aliphatic carbocycles. The molecule has 2 N–H and O–H groups in total. The van der Waals surface area contributed by atoms with Gasteiger partial charge in [-0.1, -0.05) is 54.6 Å². The highest BCUT2D eigenvalue weighted by atomic mass is 16.5. The summed E-state index contributed by atoms with van der Waals surface area (Å²) in [6, 6.07) is 16.6. The lowest BCUT2D eigenvalue weighted by molar-refractivity contribution is -0.139. The summed E-state index contributed by atoms with van der Waals surface area (Å²) in [5.74, 6) is -0.688. The van der Waals surface area contributed by atoms with Crippen LogP contribution in [0.25, 0.3) is 11.1 Å². The van der Waals surface area contributed by atoms with Crippen LogP contribution in [-0.2, 0) is 14.3 Å². The monoisotopic (exact) mass is 474 g/mol. The number of benzene rings is 2. The molecule has 2 bridgehead atoms. The zero-order valence-electron chi connectivity index (χ0n) is 19.6. The fourth-order valence-electron chi connectivity index (χ4n) is 6.10. The average molecular weight is 475 g/mol. The van der Waals surface area contributed by atoms with Crippen molar-refractivity contribution in [2.75, 3.05) is 13.2 Å². The van der Waals surface area contributed by atoms with Crippen LogP contribution in [0.5, 0.6) is 0 Å². The predicted molar refractivity (Wildman–Crippen MR) is 131 cm³/mol. The molecule has 2 atom stereocenters. The summed E-state index contributed by atoms with van der Waals surface area (Å²) in [7, 11) is 0. The van der Waals surface area contributed by atoms with Gasteiger partial charge in [0.05, 0.1) is 0 Å². The molecule has 2 unspecified atom stereocenters. The van der Waals surface area contributed by atoms with E-state index in [4.69, 9.17) is 9.84 Å². The van der Waals surface area contributed by atoms with Gasteiger partial charge in [0.15, 0.2) is 0 Å². The zero-order chi connectivity index (χ0) is 24.4. The number of nitrogens with one attached hydrogen (secondary N) is 1. The van der Waals surface area contributed by atoms with E-state index in [1.54, 1.807) is 6.08 Å². The zero-order valence-corrected chi connectivity index (χ0v) is 19.6. The molecule has 0 aromatic heterocycles. The number of fused-ring (bicyclic) bond motifs is 5. The van der Waals surface area contributed by atoms with E-state index in [-0.39, 0.29) is 49.4 Å². The standard InChI is InChI=1S/C28H30N2O5/c31-26(30-19-11-12-20(30)15-18(14-19)16-27(32)33)10-5-13-29-28(34)35-17-25-23-8-3-1-6-21(23)22-7-2-4-9-24(22)25/h1-10,18-20,25H,11-17H2,(H,29,34)(H,32,33)/b10-5+. The molecule has 0 saturated carbocycles. The smallest absolute Gasteiger partial charge is 0.407 e. The van der Waals surface area contributed by atoms with Crippen molar-refractivity contribution in [2.45, 2.75) is 50.1 Å². The van der Waals surface area contributed by atoms with Gasteiger partial charge in [-0.05, 0) is 53.9 Å². The fraction of sp³-hybridized carbons (Fsp3) is 0.393. The Kier molecular flexibility index (Phi) is 6.57. The van der Waals surface area contributed by atoms with E-state index < -0.39 is 12.1 Å². The summed E-state index contributed by atoms with van der Waals surface area (Å²) in [6.07, 6.45) is 6.17. The van der Waals surface area contributed by atoms with E-state index >= 15 is 0 Å². The molecule has 182 valence electrons. The molecule has 0 spiro atoms. The van der Waals surface area contributed by atoms with Gasteiger partial charge in [0.1, 0.15) is 6.61 Å². The van der Waals surface area contributed by atoms with Crippen LogP contribution in [0.15, 0.2) is 60.7 Å². The first-order valence-corrected chi connectivity index (χ1v) is 12.3. The van der Waals surface area contributed by atoms with Crippen molar-refractivity contribution >= 4 is 18.0 Å². The minimum absolute atomic E-state index is 0.00444. The Labute approximate surface area is 204 Å². The number of carboxylic acids is 1. The van der Waals surface area contributed by atoms with Crippen LogP contribution in [0.2, 0.25) is 0 Å². The van der Waals surface area contributed by atoms with Crippen LogP contribution in [0, 0.1) is 5.92 Å². The third kappa shape index (κ3) is 4.81. The number of nitrogens with zero attached hydrogens (tertiary/aromatic N) is 1. The van der Waals surface area contributed by atoms with Crippen LogP contribution < -0.4 is 5.32 Å². The number of hydrogen-bond acceptors (Lipinski definition) is 4. The molecule has 0 radical (unpaired) electrons. The Morgan fingerprint density at radius 1 is 0.971 bits per heavy atom. The van der Waals surface area contributed by atoms with Gasteiger partial charge in [-0.15, -0.1) is 0 Å². The molecule has 3 aliphatic rings. The maximum atomic E-state index is 12.7. The van der Waals surface area contributed by atoms with Crippen molar-refractivity contribution < 1.29 is 24.2 Å². The number of amides is 2. The molecule has 2 fully saturated rings. The molecule has 2 aromatic rings. The van der Waals surface area contributed by atoms with Gasteiger partial charge in [0.2, 0.25) is 5.91 Å². The van der Waals surface area contributed by atoms with Crippen molar-refractivity contribution in [3.8, 4) is 11.1 Å². The van der Waals surface area contributed by atoms with E-state index in [0.29, 0.717) is 0 Å². The Bertz CT molecular complexity index is 1100. The lowest BCUT2D eigenvalue weighted by Crippen LogP contribution is -2.46. The summed E-state index contributed by atoms with van der Waals surface area (Å²) >= 11 is 0. The summed E-state index contributed by atoms with van der Waals surface area (Å²) in [6.45, 7) is 0.449. The number of aliphatic carboxylic acids is 1. The summed E-state index contributed by atoms with van der Waals surface area (Å²) in [5, 5.41) is 11.8. The number of alkyl carbamates (subject to hydrolysis) is 1. The van der Waals surface area contributed by atoms with Crippen LogP contribution in [0.3, 0.4) is 0 Å². The SMILES string of the molecule is O=C(O)CC1CC2CCC(C1)N2C(=O)/C=C/CNC(=O)OCC1c2ccccc2-c2ccccc21. The summed E-state index contributed by atoms with van der Waals surface area (Å²) in [4.78, 5) is 38.0. The van der Waals surface area contributed by atoms with Gasteiger partial charge >= 0.3 is 12.1 Å². The van der Waals surface area contributed by atoms with Gasteiger partial charge in [-0.3, -0.25) is 9.59 Å². The second-order valence-electron chi connectivity index (χ2n) is 9.67. The number of carboxylic acid groups (broad SMARTS) is 1. The summed E-state index contributed by atoms with van der Waals surface area (Å²) in [5.41, 5.74) is 4.68. The molecule has 7 heteroatoms. The molecule has 2 heterocycles. The second-order valence-corrected chi connectivity index (χ2v) is 9.67. The van der Waals surface area contributed by atoms with Gasteiger partial charge in [-0.2, -0.15) is 0 Å². The highest BCUT2D eigenvalue weighted by Crippen LogP contribution is 2.44. The Hall–Kier alpha value is -3.61. The number of ether oxygens (including phenoxy) is 1. The highest BCUT2D eigenvalue weighted by Gasteiger charge is 2.42. The molecule has 2 saturated heterocycles. The predicted octanol–water partition coefficient (Wildman–Crippen LogP) is 4.33. The van der Waals surface area contributed by atoms with Crippen molar-refractivity contribution in [1.82, 2.24) is 10.2 Å². The Morgan fingerprint density at radius 2 is 1.57 bits per heavy atom. The Morgan fingerprint density at radius 3 is 2.17 bits per heavy atom. The number of rotatable bonds is 7. The molecule has 7 nitrogen and oxygen atoms in total. The molecule has 35 heavy (non-hydrogen) atoms. The first-order chi connectivity index (χ1) is 17.0. The fourth-order valence-corrected chi connectivity index (χ4v) is 6.10. The minimum atomic E-state index is -0.770. The molecule has 2 aliphatic heterocycles. The topological polar surface area (TPSA) is 95.9 Å². The molecule has 2 aromatic carbocycles. The van der Waals surface area contributed by atoms with Gasteiger partial charge < -0.3 is 20.1 Å². The van der Waals surface area contributed by atoms with Crippen molar-refractivity contribution in [2.24, 2.45) is 5.92 Å². The minimum Gasteiger partial charge on any atom is -0.481 e. The van der Waals surface area contributed by atoms with E-state index in [0.717, 1.165) is 36.8 Å². The van der Waals surface area contributed by atoms with Crippen LogP contribution >= 0.6 is 0 Å². The van der Waals surface area contributed by atoms with Gasteiger partial charge in [0, 0.05) is 37.0 Å². The average Bonchev–Trinajstić information content (AvgIpc) is 3.31. The number of hydrogen-bond donors (Lipinski definition) is 2. The molecule has 5 rings (SSSR count).